The first kappa shape index (κ1) is 22.4. The zero-order valence-corrected chi connectivity index (χ0v) is 15.2. The maximum atomic E-state index is 13.5. The van der Waals surface area contributed by atoms with Crippen LogP contribution in [-0.2, 0) is 4.74 Å². The summed E-state index contributed by atoms with van der Waals surface area (Å²) in [5.74, 6) is -4.32. The molecule has 2 N–H and O–H groups in total. The predicted molar refractivity (Wildman–Crippen MR) is 91.8 cm³/mol. The SMILES string of the molecule is COC(F)C(F)(F)Oc1ccc(NC(=O)NC(=O)c2c(F)cccc2F)cc1Cl. The Hall–Kier alpha value is -2.92. The number of hydrogen-bond acceptors (Lipinski definition) is 4. The number of imide groups is 1. The van der Waals surface area contributed by atoms with Crippen molar-refractivity contribution in [1.29, 1.82) is 0 Å². The van der Waals surface area contributed by atoms with Gasteiger partial charge in [0.25, 0.3) is 5.91 Å². The number of benzene rings is 2. The van der Waals surface area contributed by atoms with E-state index in [-0.39, 0.29) is 5.69 Å². The molecule has 2 aromatic rings. The van der Waals surface area contributed by atoms with Gasteiger partial charge in [0.15, 0.2) is 0 Å². The van der Waals surface area contributed by atoms with E-state index in [1.165, 1.54) is 0 Å². The lowest BCUT2D eigenvalue weighted by Crippen LogP contribution is -2.37. The Kier molecular flexibility index (Phi) is 6.98. The van der Waals surface area contributed by atoms with E-state index in [0.29, 0.717) is 7.11 Å². The molecule has 3 amide bonds. The van der Waals surface area contributed by atoms with Crippen LogP contribution >= 0.6 is 11.6 Å². The number of carbonyl (C=O) groups excluding carboxylic acids is 2. The van der Waals surface area contributed by atoms with Crippen molar-refractivity contribution in [2.24, 2.45) is 0 Å². The van der Waals surface area contributed by atoms with E-state index in [1.807, 2.05) is 0 Å². The van der Waals surface area contributed by atoms with Crippen LogP contribution in [0.3, 0.4) is 0 Å². The molecule has 0 heterocycles. The van der Waals surface area contributed by atoms with Gasteiger partial charge in [0.1, 0.15) is 22.9 Å². The molecule has 156 valence electrons. The fraction of sp³-hybridized carbons (Fsp3) is 0.176. The largest absolute Gasteiger partial charge is 0.456 e. The minimum absolute atomic E-state index is 0.0893. The monoisotopic (exact) mass is 438 g/mol. The zero-order valence-electron chi connectivity index (χ0n) is 14.4. The molecular weight excluding hydrogens is 427 g/mol. The quantitative estimate of drug-likeness (QED) is 0.651. The van der Waals surface area contributed by atoms with Crippen LogP contribution in [0.15, 0.2) is 36.4 Å². The van der Waals surface area contributed by atoms with Crippen LogP contribution < -0.4 is 15.4 Å². The third-order valence-electron chi connectivity index (χ3n) is 3.32. The highest BCUT2D eigenvalue weighted by Crippen LogP contribution is 2.33. The van der Waals surface area contributed by atoms with Crippen LogP contribution in [-0.4, -0.2) is 31.5 Å². The second-order valence-electron chi connectivity index (χ2n) is 5.37. The molecule has 0 aliphatic rings. The van der Waals surface area contributed by atoms with Gasteiger partial charge in [0, 0.05) is 12.8 Å². The van der Waals surface area contributed by atoms with Crippen molar-refractivity contribution in [2.75, 3.05) is 12.4 Å². The lowest BCUT2D eigenvalue weighted by Gasteiger charge is -2.21. The summed E-state index contributed by atoms with van der Waals surface area (Å²) in [6.07, 6.45) is -7.38. The summed E-state index contributed by atoms with van der Waals surface area (Å²) in [6, 6.07) is 4.41. The molecule has 0 aliphatic carbocycles. The topological polar surface area (TPSA) is 76.7 Å². The molecule has 0 aliphatic heterocycles. The highest BCUT2D eigenvalue weighted by molar-refractivity contribution is 6.32. The van der Waals surface area contributed by atoms with Gasteiger partial charge >= 0.3 is 18.5 Å². The van der Waals surface area contributed by atoms with Crippen LogP contribution in [0.25, 0.3) is 0 Å². The molecule has 0 saturated heterocycles. The minimum atomic E-state index is -4.33. The zero-order chi connectivity index (χ0) is 21.8. The number of halogens is 6. The van der Waals surface area contributed by atoms with Gasteiger partial charge in [0.2, 0.25) is 0 Å². The van der Waals surface area contributed by atoms with Crippen molar-refractivity contribution in [1.82, 2.24) is 5.32 Å². The van der Waals surface area contributed by atoms with Gasteiger partial charge < -0.3 is 14.8 Å². The van der Waals surface area contributed by atoms with Gasteiger partial charge in [-0.1, -0.05) is 17.7 Å². The van der Waals surface area contributed by atoms with E-state index < -0.39 is 52.4 Å². The van der Waals surface area contributed by atoms with Crippen LogP contribution in [0.1, 0.15) is 10.4 Å². The van der Waals surface area contributed by atoms with Crippen molar-refractivity contribution < 1.29 is 41.0 Å². The number of ether oxygens (including phenoxy) is 2. The Morgan fingerprint density at radius 2 is 1.76 bits per heavy atom. The number of alkyl halides is 3. The summed E-state index contributed by atoms with van der Waals surface area (Å²) >= 11 is 5.75. The van der Waals surface area contributed by atoms with Crippen molar-refractivity contribution in [3.8, 4) is 5.75 Å². The van der Waals surface area contributed by atoms with Crippen LogP contribution in [0.2, 0.25) is 5.02 Å². The first-order chi connectivity index (χ1) is 13.5. The van der Waals surface area contributed by atoms with Crippen molar-refractivity contribution in [3.05, 3.63) is 58.6 Å². The van der Waals surface area contributed by atoms with Crippen molar-refractivity contribution in [2.45, 2.75) is 12.5 Å². The lowest BCUT2D eigenvalue weighted by atomic mass is 10.2. The number of carbonyl (C=O) groups is 2. The molecule has 1 atom stereocenters. The molecule has 6 nitrogen and oxygen atoms in total. The van der Waals surface area contributed by atoms with Gasteiger partial charge in [-0.25, -0.2) is 18.0 Å². The lowest BCUT2D eigenvalue weighted by molar-refractivity contribution is -0.284. The maximum absolute atomic E-state index is 13.5. The third kappa shape index (κ3) is 5.55. The maximum Gasteiger partial charge on any atom is 0.456 e. The smallest absolute Gasteiger partial charge is 0.427 e. The Morgan fingerprint density at radius 3 is 2.31 bits per heavy atom. The Bertz CT molecular complexity index is 908. The Morgan fingerprint density at radius 1 is 1.14 bits per heavy atom. The number of amides is 3. The number of rotatable bonds is 6. The summed E-state index contributed by atoms with van der Waals surface area (Å²) in [5, 5.41) is 3.36. The fourth-order valence-electron chi connectivity index (χ4n) is 2.03. The Labute approximate surface area is 165 Å². The van der Waals surface area contributed by atoms with E-state index in [4.69, 9.17) is 11.6 Å². The molecule has 0 aromatic heterocycles. The molecular formula is C17H12ClF5N2O4. The highest BCUT2D eigenvalue weighted by atomic mass is 35.5. The van der Waals surface area contributed by atoms with Gasteiger partial charge in [0.05, 0.1) is 5.02 Å². The summed E-state index contributed by atoms with van der Waals surface area (Å²) in [7, 11) is 0.712. The van der Waals surface area contributed by atoms with Crippen LogP contribution in [0, 0.1) is 11.6 Å². The second kappa shape index (κ2) is 9.05. The number of methoxy groups -OCH3 is 1. The molecule has 1 unspecified atom stereocenters. The standard InChI is InChI=1S/C17H12ClF5N2O4/c1-28-15(21)17(22,23)29-12-6-5-8(7-9(12)18)24-16(27)25-14(26)13-10(19)3-2-4-11(13)20/h2-7,15H,1H3,(H2,24,25,26,27). The summed E-state index contributed by atoms with van der Waals surface area (Å²) < 4.78 is 74.9. The first-order valence-corrected chi connectivity index (χ1v) is 8.02. The summed E-state index contributed by atoms with van der Waals surface area (Å²) in [5.41, 5.74) is -1.06. The van der Waals surface area contributed by atoms with Crippen molar-refractivity contribution in [3.63, 3.8) is 0 Å². The molecule has 0 spiro atoms. The molecule has 12 heteroatoms. The van der Waals surface area contributed by atoms with Gasteiger partial charge in [-0.3, -0.25) is 10.1 Å². The van der Waals surface area contributed by atoms with E-state index in [9.17, 15) is 31.5 Å². The fourth-order valence-corrected chi connectivity index (χ4v) is 2.25. The first-order valence-electron chi connectivity index (χ1n) is 7.64. The van der Waals surface area contributed by atoms with E-state index in [2.05, 4.69) is 14.8 Å². The third-order valence-corrected chi connectivity index (χ3v) is 3.62. The second-order valence-corrected chi connectivity index (χ2v) is 5.77. The molecule has 0 fully saturated rings. The van der Waals surface area contributed by atoms with E-state index in [0.717, 1.165) is 36.4 Å². The normalized spacial score (nSPS) is 12.2. The number of anilines is 1. The predicted octanol–water partition coefficient (Wildman–Crippen LogP) is 4.49. The van der Waals surface area contributed by atoms with Gasteiger partial charge in [-0.05, 0) is 30.3 Å². The van der Waals surface area contributed by atoms with E-state index >= 15 is 0 Å². The molecule has 29 heavy (non-hydrogen) atoms. The molecule has 0 radical (unpaired) electrons. The number of nitrogens with one attached hydrogen (secondary N) is 2. The molecule has 0 bridgehead atoms. The van der Waals surface area contributed by atoms with Crippen LogP contribution in [0.4, 0.5) is 32.4 Å². The van der Waals surface area contributed by atoms with Crippen LogP contribution in [0.5, 0.6) is 5.75 Å². The summed E-state index contributed by atoms with van der Waals surface area (Å²) in [4.78, 5) is 23.7. The van der Waals surface area contributed by atoms with E-state index in [1.54, 1.807) is 5.32 Å². The molecule has 2 rings (SSSR count). The van der Waals surface area contributed by atoms with Gasteiger partial charge in [-0.15, -0.1) is 0 Å². The summed E-state index contributed by atoms with van der Waals surface area (Å²) in [6.45, 7) is 0. The van der Waals surface area contributed by atoms with Gasteiger partial charge in [-0.2, -0.15) is 8.78 Å². The average molecular weight is 439 g/mol. The Balaban J connectivity index is 2.06. The number of urea groups is 1. The minimum Gasteiger partial charge on any atom is -0.427 e. The highest BCUT2D eigenvalue weighted by Gasteiger charge is 2.44. The molecule has 2 aromatic carbocycles. The molecule has 0 saturated carbocycles. The number of hydrogen-bond donors (Lipinski definition) is 2. The van der Waals surface area contributed by atoms with Crippen molar-refractivity contribution >= 4 is 29.2 Å². The average Bonchev–Trinajstić information content (AvgIpc) is 2.62.